The summed E-state index contributed by atoms with van der Waals surface area (Å²) in [5.74, 6) is 0.260. The summed E-state index contributed by atoms with van der Waals surface area (Å²) in [5.41, 5.74) is 2.99. The van der Waals surface area contributed by atoms with Gasteiger partial charge in [-0.1, -0.05) is 18.2 Å². The molecule has 2 heterocycles. The molecule has 0 radical (unpaired) electrons. The summed E-state index contributed by atoms with van der Waals surface area (Å²) < 4.78 is 16.2. The topological polar surface area (TPSA) is 74.7 Å². The fourth-order valence-corrected chi connectivity index (χ4v) is 3.34. The highest BCUT2D eigenvalue weighted by atomic mass is 16.6. The molecule has 1 aliphatic heterocycles. The highest BCUT2D eigenvalue weighted by Crippen LogP contribution is 2.31. The number of carbonyl (C=O) groups excluding carboxylic acids is 2. The number of carbonyl (C=O) groups is 2. The molecule has 0 N–H and O–H groups in total. The normalized spacial score (nSPS) is 12.6. The van der Waals surface area contributed by atoms with Crippen molar-refractivity contribution in [2.24, 2.45) is 0 Å². The summed E-state index contributed by atoms with van der Waals surface area (Å²) in [5, 5.41) is 0.887. The molecule has 0 spiro atoms. The second kappa shape index (κ2) is 7.31. The average Bonchev–Trinajstić information content (AvgIpc) is 2.71. The first-order valence-electron chi connectivity index (χ1n) is 9.00. The molecule has 0 saturated carbocycles. The van der Waals surface area contributed by atoms with E-state index in [4.69, 9.17) is 14.2 Å². The Labute approximate surface area is 162 Å². The highest BCUT2D eigenvalue weighted by Gasteiger charge is 2.20. The van der Waals surface area contributed by atoms with Crippen molar-refractivity contribution < 1.29 is 23.8 Å². The van der Waals surface area contributed by atoms with Crippen molar-refractivity contribution in [3.63, 3.8) is 0 Å². The predicted molar refractivity (Wildman–Crippen MR) is 103 cm³/mol. The van der Waals surface area contributed by atoms with E-state index >= 15 is 0 Å². The largest absolute Gasteiger partial charge is 0.486 e. The Kier molecular flexibility index (Phi) is 4.69. The average molecular weight is 377 g/mol. The third kappa shape index (κ3) is 3.29. The smallest absolute Gasteiger partial charge is 0.340 e. The minimum absolute atomic E-state index is 0.311. The summed E-state index contributed by atoms with van der Waals surface area (Å²) in [6, 6.07) is 12.5. The van der Waals surface area contributed by atoms with E-state index in [0.29, 0.717) is 41.5 Å². The maximum Gasteiger partial charge on any atom is 0.340 e. The molecule has 6 heteroatoms. The van der Waals surface area contributed by atoms with Gasteiger partial charge in [-0.2, -0.15) is 0 Å². The van der Waals surface area contributed by atoms with Crippen LogP contribution in [0.4, 0.5) is 0 Å². The maximum atomic E-state index is 12.6. The van der Waals surface area contributed by atoms with E-state index in [9.17, 15) is 9.59 Å². The van der Waals surface area contributed by atoms with E-state index in [1.807, 2.05) is 31.2 Å². The number of ether oxygens (including phenoxy) is 3. The van der Waals surface area contributed by atoms with E-state index in [-0.39, 0.29) is 12.4 Å². The van der Waals surface area contributed by atoms with Gasteiger partial charge < -0.3 is 14.2 Å². The summed E-state index contributed by atoms with van der Waals surface area (Å²) in [6.07, 6.45) is 0. The number of hydrogen-bond donors (Lipinski definition) is 0. The van der Waals surface area contributed by atoms with Crippen LogP contribution in [0.3, 0.4) is 0 Å². The van der Waals surface area contributed by atoms with Crippen LogP contribution in [0.25, 0.3) is 10.9 Å². The van der Waals surface area contributed by atoms with Gasteiger partial charge in [0.1, 0.15) is 13.2 Å². The fraction of sp³-hybridized carbons (Fsp3) is 0.227. The molecule has 3 aromatic rings. The van der Waals surface area contributed by atoms with Gasteiger partial charge in [-0.05, 0) is 43.7 Å². The second-order valence-electron chi connectivity index (χ2n) is 6.57. The van der Waals surface area contributed by atoms with Crippen LogP contribution in [0.5, 0.6) is 11.5 Å². The Bertz CT molecular complexity index is 1090. The van der Waals surface area contributed by atoms with E-state index in [1.165, 1.54) is 0 Å². The lowest BCUT2D eigenvalue weighted by Gasteiger charge is -2.18. The molecule has 142 valence electrons. The molecular weight excluding hydrogens is 358 g/mol. The van der Waals surface area contributed by atoms with Gasteiger partial charge in [-0.25, -0.2) is 4.79 Å². The lowest BCUT2D eigenvalue weighted by Crippen LogP contribution is -2.18. The molecule has 28 heavy (non-hydrogen) atoms. The Morgan fingerprint density at radius 2 is 1.79 bits per heavy atom. The van der Waals surface area contributed by atoms with Crippen molar-refractivity contribution in [3.05, 3.63) is 64.8 Å². The maximum absolute atomic E-state index is 12.6. The number of esters is 1. The van der Waals surface area contributed by atoms with Crippen molar-refractivity contribution >= 4 is 22.7 Å². The van der Waals surface area contributed by atoms with Gasteiger partial charge in [0.05, 0.1) is 16.8 Å². The Morgan fingerprint density at radius 3 is 2.61 bits per heavy atom. The molecule has 0 aliphatic carbocycles. The zero-order valence-electron chi connectivity index (χ0n) is 15.7. The van der Waals surface area contributed by atoms with Crippen molar-refractivity contribution in [1.82, 2.24) is 4.98 Å². The van der Waals surface area contributed by atoms with Crippen LogP contribution in [-0.2, 0) is 4.74 Å². The van der Waals surface area contributed by atoms with E-state index in [0.717, 1.165) is 16.5 Å². The monoisotopic (exact) mass is 377 g/mol. The van der Waals surface area contributed by atoms with Gasteiger partial charge in [0, 0.05) is 10.9 Å². The number of aromatic nitrogens is 1. The number of Topliss-reactive ketones (excluding diaryl/α,β-unsaturated/α-hetero) is 1. The third-order valence-electron chi connectivity index (χ3n) is 4.74. The van der Waals surface area contributed by atoms with Crippen LogP contribution in [0.1, 0.15) is 32.0 Å². The lowest BCUT2D eigenvalue weighted by molar-refractivity contribution is 0.0473. The fourth-order valence-electron chi connectivity index (χ4n) is 3.34. The Hall–Kier alpha value is -3.41. The number of hydrogen-bond acceptors (Lipinski definition) is 6. The minimum Gasteiger partial charge on any atom is -0.486 e. The molecule has 0 bridgehead atoms. The number of nitrogens with zero attached hydrogens (tertiary/aromatic N) is 1. The molecule has 0 unspecified atom stereocenters. The van der Waals surface area contributed by atoms with Crippen molar-refractivity contribution in [2.45, 2.75) is 13.8 Å². The number of para-hydroxylation sites is 1. The van der Waals surface area contributed by atoms with Crippen molar-refractivity contribution in [3.8, 4) is 11.5 Å². The van der Waals surface area contributed by atoms with E-state index in [1.54, 1.807) is 25.1 Å². The Morgan fingerprint density at radius 1 is 1.04 bits per heavy atom. The van der Waals surface area contributed by atoms with E-state index < -0.39 is 5.97 Å². The molecule has 6 nitrogen and oxygen atoms in total. The molecular formula is C22H19NO5. The number of ketones is 1. The van der Waals surface area contributed by atoms with Gasteiger partial charge >= 0.3 is 5.97 Å². The quantitative estimate of drug-likeness (QED) is 0.510. The zero-order valence-corrected chi connectivity index (χ0v) is 15.7. The molecule has 4 rings (SSSR count). The summed E-state index contributed by atoms with van der Waals surface area (Å²) >= 11 is 0. The number of fused-ring (bicyclic) bond motifs is 2. The second-order valence-corrected chi connectivity index (χ2v) is 6.57. The molecule has 0 atom stereocenters. The van der Waals surface area contributed by atoms with Gasteiger partial charge in [0.25, 0.3) is 0 Å². The molecule has 0 fully saturated rings. The van der Waals surface area contributed by atoms with Crippen molar-refractivity contribution in [1.29, 1.82) is 0 Å². The van der Waals surface area contributed by atoms with Crippen LogP contribution >= 0.6 is 0 Å². The van der Waals surface area contributed by atoms with Crippen LogP contribution in [-0.4, -0.2) is 36.6 Å². The third-order valence-corrected chi connectivity index (χ3v) is 4.74. The molecule has 0 saturated heterocycles. The van der Waals surface area contributed by atoms with Gasteiger partial charge in [0.2, 0.25) is 0 Å². The molecule has 1 aromatic heterocycles. The van der Waals surface area contributed by atoms with Crippen LogP contribution in [0.15, 0.2) is 42.5 Å². The number of benzene rings is 2. The first-order chi connectivity index (χ1) is 13.5. The zero-order chi connectivity index (χ0) is 19.7. The summed E-state index contributed by atoms with van der Waals surface area (Å²) in [4.78, 5) is 29.6. The van der Waals surface area contributed by atoms with Crippen LogP contribution in [0.2, 0.25) is 0 Å². The lowest BCUT2D eigenvalue weighted by atomic mass is 10.0. The van der Waals surface area contributed by atoms with Crippen LogP contribution in [0, 0.1) is 13.8 Å². The van der Waals surface area contributed by atoms with Gasteiger partial charge in [-0.15, -0.1) is 0 Å². The standard InChI is InChI=1S/C22H19NO5/c1-13-16-5-3-4-6-17(16)23-14(2)21(13)22(25)28-12-18(24)15-7-8-19-20(11-15)27-10-9-26-19/h3-8,11H,9-10,12H2,1-2H3. The summed E-state index contributed by atoms with van der Waals surface area (Å²) in [7, 11) is 0. The number of rotatable bonds is 4. The molecule has 2 aromatic carbocycles. The van der Waals surface area contributed by atoms with Gasteiger partial charge in [0.15, 0.2) is 23.9 Å². The predicted octanol–water partition coefficient (Wildman–Crippen LogP) is 3.66. The Balaban J connectivity index is 1.52. The SMILES string of the molecule is Cc1nc2ccccc2c(C)c1C(=O)OCC(=O)c1ccc2c(c1)OCCO2. The van der Waals surface area contributed by atoms with E-state index in [2.05, 4.69) is 4.98 Å². The minimum atomic E-state index is -0.556. The number of pyridine rings is 1. The first-order valence-corrected chi connectivity index (χ1v) is 9.00. The van der Waals surface area contributed by atoms with Gasteiger partial charge in [-0.3, -0.25) is 9.78 Å². The highest BCUT2D eigenvalue weighted by molar-refractivity contribution is 6.02. The van der Waals surface area contributed by atoms with Crippen molar-refractivity contribution in [2.75, 3.05) is 19.8 Å². The first kappa shape index (κ1) is 18.0. The summed E-state index contributed by atoms with van der Waals surface area (Å²) in [6.45, 7) is 4.18. The molecule has 0 amide bonds. The molecule has 1 aliphatic rings. The van der Waals surface area contributed by atoms with Crippen LogP contribution < -0.4 is 9.47 Å². The number of aryl methyl sites for hydroxylation is 2.